The topological polar surface area (TPSA) is 26.0 Å². The Labute approximate surface area is 109 Å². The Morgan fingerprint density at radius 3 is 2.06 bits per heavy atom. The summed E-state index contributed by atoms with van der Waals surface area (Å²) in [6.07, 6.45) is 5.56. The summed E-state index contributed by atoms with van der Waals surface area (Å²) in [5.74, 6) is 2.75. The van der Waals surface area contributed by atoms with Crippen LogP contribution < -0.4 is 5.73 Å². The third-order valence-corrected chi connectivity index (χ3v) is 4.41. The van der Waals surface area contributed by atoms with E-state index >= 15 is 0 Å². The van der Waals surface area contributed by atoms with Gasteiger partial charge in [-0.05, 0) is 60.8 Å². The van der Waals surface area contributed by atoms with Crippen LogP contribution in [0.4, 0.5) is 0 Å². The van der Waals surface area contributed by atoms with Gasteiger partial charge in [0.05, 0.1) is 0 Å². The van der Waals surface area contributed by atoms with Gasteiger partial charge in [0.2, 0.25) is 0 Å². The fraction of sp³-hybridized carbons (Fsp3) is 1.00. The molecular weight excluding hydrogens is 206 g/mol. The monoisotopic (exact) mass is 239 g/mol. The Hall–Kier alpha value is -0.0400. The van der Waals surface area contributed by atoms with E-state index in [0.29, 0.717) is 10.8 Å². The third-order valence-electron chi connectivity index (χ3n) is 4.41. The largest absolute Gasteiger partial charge is 0.330 e. The van der Waals surface area contributed by atoms with Gasteiger partial charge in [-0.25, -0.2) is 0 Å². The molecule has 0 aliphatic heterocycles. The summed E-state index contributed by atoms with van der Waals surface area (Å²) in [6, 6.07) is 0. The van der Waals surface area contributed by atoms with E-state index in [2.05, 4.69) is 41.5 Å². The first-order valence-electron chi connectivity index (χ1n) is 7.33. The predicted molar refractivity (Wildman–Crippen MR) is 76.9 cm³/mol. The second kappa shape index (κ2) is 5.30. The molecule has 17 heavy (non-hydrogen) atoms. The lowest BCUT2D eigenvalue weighted by atomic mass is 9.78. The van der Waals surface area contributed by atoms with E-state index < -0.39 is 0 Å². The Morgan fingerprint density at radius 2 is 1.59 bits per heavy atom. The molecule has 0 amide bonds. The normalized spacial score (nSPS) is 30.9. The fourth-order valence-corrected chi connectivity index (χ4v) is 3.59. The number of rotatable bonds is 4. The lowest BCUT2D eigenvalue weighted by molar-refractivity contribution is 0.238. The van der Waals surface area contributed by atoms with Crippen LogP contribution in [0.15, 0.2) is 0 Å². The van der Waals surface area contributed by atoms with Gasteiger partial charge in [0.15, 0.2) is 0 Å². The lowest BCUT2D eigenvalue weighted by Gasteiger charge is -2.28. The highest BCUT2D eigenvalue weighted by atomic mass is 14.6. The van der Waals surface area contributed by atoms with E-state index in [4.69, 9.17) is 5.73 Å². The standard InChI is InChI=1S/C16H33N/c1-12-7-13(9-15(2,3)4)8-14(12)10-16(5,6)11-17/h12-14H,7-11,17H2,1-6H3. The average molecular weight is 239 g/mol. The van der Waals surface area contributed by atoms with E-state index in [1.165, 1.54) is 25.7 Å². The van der Waals surface area contributed by atoms with Crippen molar-refractivity contribution < 1.29 is 0 Å². The van der Waals surface area contributed by atoms with Crippen molar-refractivity contribution in [2.45, 2.75) is 67.2 Å². The van der Waals surface area contributed by atoms with Gasteiger partial charge < -0.3 is 5.73 Å². The van der Waals surface area contributed by atoms with Crippen molar-refractivity contribution in [3.8, 4) is 0 Å². The number of nitrogens with two attached hydrogens (primary N) is 1. The minimum absolute atomic E-state index is 0.329. The van der Waals surface area contributed by atoms with Crippen LogP contribution in [-0.4, -0.2) is 6.54 Å². The molecule has 2 N–H and O–H groups in total. The van der Waals surface area contributed by atoms with Crippen LogP contribution in [0.2, 0.25) is 0 Å². The molecule has 1 rings (SSSR count). The first-order valence-corrected chi connectivity index (χ1v) is 7.33. The van der Waals surface area contributed by atoms with Crippen LogP contribution in [0.3, 0.4) is 0 Å². The smallest absolute Gasteiger partial charge is 0.00257 e. The van der Waals surface area contributed by atoms with Gasteiger partial charge in [0.1, 0.15) is 0 Å². The fourth-order valence-electron chi connectivity index (χ4n) is 3.59. The van der Waals surface area contributed by atoms with E-state index in [1.54, 1.807) is 0 Å². The maximum atomic E-state index is 5.87. The van der Waals surface area contributed by atoms with Crippen molar-refractivity contribution in [3.05, 3.63) is 0 Å². The molecular formula is C16H33N. The molecule has 1 nitrogen and oxygen atoms in total. The Balaban J connectivity index is 2.50. The van der Waals surface area contributed by atoms with Gasteiger partial charge in [-0.1, -0.05) is 41.5 Å². The van der Waals surface area contributed by atoms with Crippen LogP contribution in [0.1, 0.15) is 67.2 Å². The zero-order chi connectivity index (χ0) is 13.3. The number of hydrogen-bond donors (Lipinski definition) is 1. The van der Waals surface area contributed by atoms with E-state index in [9.17, 15) is 0 Å². The molecule has 0 bridgehead atoms. The minimum Gasteiger partial charge on any atom is -0.330 e. The molecule has 0 aromatic rings. The van der Waals surface area contributed by atoms with Gasteiger partial charge in [0, 0.05) is 0 Å². The quantitative estimate of drug-likeness (QED) is 0.770. The molecule has 1 saturated carbocycles. The van der Waals surface area contributed by atoms with Gasteiger partial charge in [0.25, 0.3) is 0 Å². The summed E-state index contributed by atoms with van der Waals surface area (Å²) in [5.41, 5.74) is 6.68. The first kappa shape index (κ1) is 15.0. The maximum Gasteiger partial charge on any atom is -0.00257 e. The van der Waals surface area contributed by atoms with Crippen molar-refractivity contribution in [1.82, 2.24) is 0 Å². The molecule has 3 unspecified atom stereocenters. The van der Waals surface area contributed by atoms with Gasteiger partial charge >= 0.3 is 0 Å². The van der Waals surface area contributed by atoms with Crippen LogP contribution in [0.25, 0.3) is 0 Å². The Kier molecular flexibility index (Phi) is 4.68. The predicted octanol–water partition coefficient (Wildman–Crippen LogP) is 4.46. The molecule has 0 spiro atoms. The van der Waals surface area contributed by atoms with Gasteiger partial charge in [-0.15, -0.1) is 0 Å². The zero-order valence-corrected chi connectivity index (χ0v) is 12.8. The highest BCUT2D eigenvalue weighted by Crippen LogP contribution is 2.45. The molecule has 1 heteroatoms. The van der Waals surface area contributed by atoms with E-state index in [1.807, 2.05) is 0 Å². The van der Waals surface area contributed by atoms with Crippen LogP contribution >= 0.6 is 0 Å². The molecule has 1 aliphatic rings. The van der Waals surface area contributed by atoms with Crippen molar-refractivity contribution in [3.63, 3.8) is 0 Å². The highest BCUT2D eigenvalue weighted by molar-refractivity contribution is 4.87. The second-order valence-electron chi connectivity index (χ2n) is 8.41. The SMILES string of the molecule is CC1CC(CC(C)(C)C)CC1CC(C)(C)CN. The molecule has 1 fully saturated rings. The summed E-state index contributed by atoms with van der Waals surface area (Å²) < 4.78 is 0. The molecule has 3 atom stereocenters. The van der Waals surface area contributed by atoms with Crippen molar-refractivity contribution in [2.75, 3.05) is 6.54 Å². The molecule has 0 aromatic heterocycles. The van der Waals surface area contributed by atoms with Crippen LogP contribution in [0.5, 0.6) is 0 Å². The molecule has 1 aliphatic carbocycles. The van der Waals surface area contributed by atoms with Gasteiger partial charge in [-0.2, -0.15) is 0 Å². The molecule has 0 heterocycles. The summed E-state index contributed by atoms with van der Waals surface area (Å²) >= 11 is 0. The average Bonchev–Trinajstić information content (AvgIpc) is 2.43. The molecule has 0 radical (unpaired) electrons. The van der Waals surface area contributed by atoms with Crippen molar-refractivity contribution in [2.24, 2.45) is 34.3 Å². The Bertz CT molecular complexity index is 236. The van der Waals surface area contributed by atoms with E-state index in [-0.39, 0.29) is 0 Å². The number of hydrogen-bond acceptors (Lipinski definition) is 1. The summed E-state index contributed by atoms with van der Waals surface area (Å²) in [4.78, 5) is 0. The van der Waals surface area contributed by atoms with Crippen molar-refractivity contribution in [1.29, 1.82) is 0 Å². The maximum absolute atomic E-state index is 5.87. The van der Waals surface area contributed by atoms with Crippen LogP contribution in [-0.2, 0) is 0 Å². The highest BCUT2D eigenvalue weighted by Gasteiger charge is 2.35. The minimum atomic E-state index is 0.329. The molecule has 0 aromatic carbocycles. The third kappa shape index (κ3) is 4.99. The molecule has 102 valence electrons. The van der Waals surface area contributed by atoms with E-state index in [0.717, 1.165) is 24.3 Å². The summed E-state index contributed by atoms with van der Waals surface area (Å²) in [7, 11) is 0. The lowest BCUT2D eigenvalue weighted by Crippen LogP contribution is -2.27. The second-order valence-corrected chi connectivity index (χ2v) is 8.41. The molecule has 0 saturated heterocycles. The van der Waals surface area contributed by atoms with Crippen LogP contribution in [0, 0.1) is 28.6 Å². The van der Waals surface area contributed by atoms with Gasteiger partial charge in [-0.3, -0.25) is 0 Å². The summed E-state index contributed by atoms with van der Waals surface area (Å²) in [6.45, 7) is 15.0. The zero-order valence-electron chi connectivity index (χ0n) is 12.8. The first-order chi connectivity index (χ1) is 7.63. The summed E-state index contributed by atoms with van der Waals surface area (Å²) in [5, 5.41) is 0. The Morgan fingerprint density at radius 1 is 1.00 bits per heavy atom. The van der Waals surface area contributed by atoms with Crippen molar-refractivity contribution >= 4 is 0 Å².